The van der Waals surface area contributed by atoms with Crippen LogP contribution in [0.15, 0.2) is 6.20 Å². The molecule has 86 valence electrons. The van der Waals surface area contributed by atoms with Crippen molar-refractivity contribution in [3.63, 3.8) is 0 Å². The summed E-state index contributed by atoms with van der Waals surface area (Å²) < 4.78 is 6.87. The largest absolute Gasteiger partial charge is 0.385 e. The Morgan fingerprint density at radius 1 is 1.53 bits per heavy atom. The van der Waals surface area contributed by atoms with Gasteiger partial charge < -0.3 is 10.1 Å². The van der Waals surface area contributed by atoms with Gasteiger partial charge in [-0.15, -0.1) is 0 Å². The smallest absolute Gasteiger partial charge is 0.0666 e. The van der Waals surface area contributed by atoms with Gasteiger partial charge >= 0.3 is 0 Å². The molecule has 0 amide bonds. The quantitative estimate of drug-likeness (QED) is 0.687. The third-order valence-electron chi connectivity index (χ3n) is 2.34. The molecule has 1 heterocycles. The highest BCUT2D eigenvalue weighted by molar-refractivity contribution is 5.16. The highest BCUT2D eigenvalue weighted by Gasteiger charge is 2.04. The van der Waals surface area contributed by atoms with Gasteiger partial charge in [-0.3, -0.25) is 4.68 Å². The van der Waals surface area contributed by atoms with Crippen LogP contribution in [-0.4, -0.2) is 30.0 Å². The van der Waals surface area contributed by atoms with Crippen molar-refractivity contribution in [3.05, 3.63) is 17.5 Å². The second kappa shape index (κ2) is 6.58. The molecule has 0 saturated heterocycles. The molecule has 0 aliphatic heterocycles. The average molecular weight is 211 g/mol. The molecule has 4 heteroatoms. The van der Waals surface area contributed by atoms with Crippen LogP contribution in [0.1, 0.15) is 24.6 Å². The number of aryl methyl sites for hydroxylation is 2. The fourth-order valence-electron chi connectivity index (χ4n) is 1.59. The Hall–Kier alpha value is -0.870. The van der Waals surface area contributed by atoms with Crippen LogP contribution >= 0.6 is 0 Å². The van der Waals surface area contributed by atoms with Crippen LogP contribution < -0.4 is 5.32 Å². The first-order chi connectivity index (χ1) is 7.27. The Kier molecular flexibility index (Phi) is 5.36. The molecule has 0 aliphatic carbocycles. The monoisotopic (exact) mass is 211 g/mol. The van der Waals surface area contributed by atoms with Crippen molar-refractivity contribution < 1.29 is 4.74 Å². The van der Waals surface area contributed by atoms with E-state index in [4.69, 9.17) is 4.74 Å². The number of ether oxygens (including phenoxy) is 1. The van der Waals surface area contributed by atoms with Crippen molar-refractivity contribution in [1.29, 1.82) is 0 Å². The molecular weight excluding hydrogens is 190 g/mol. The highest BCUT2D eigenvalue weighted by Crippen LogP contribution is 2.06. The Bertz CT molecular complexity index is 283. The Balaban J connectivity index is 2.30. The fraction of sp³-hybridized carbons (Fsp3) is 0.727. The lowest BCUT2D eigenvalue weighted by Crippen LogP contribution is -2.16. The standard InChI is InChI=1S/C11H21N3O/c1-4-11-10(9-14(2)13-11)8-12-6-5-7-15-3/h9,12H,4-8H2,1-3H3. The molecule has 0 fully saturated rings. The van der Waals surface area contributed by atoms with Crippen molar-refractivity contribution in [2.75, 3.05) is 20.3 Å². The third-order valence-corrected chi connectivity index (χ3v) is 2.34. The molecule has 0 aliphatic rings. The van der Waals surface area contributed by atoms with Gasteiger partial charge in [0.2, 0.25) is 0 Å². The van der Waals surface area contributed by atoms with Gasteiger partial charge in [0, 0.05) is 39.1 Å². The molecule has 0 saturated carbocycles. The maximum atomic E-state index is 4.99. The van der Waals surface area contributed by atoms with Gasteiger partial charge in [-0.05, 0) is 19.4 Å². The molecule has 1 aromatic rings. The first-order valence-electron chi connectivity index (χ1n) is 5.49. The molecule has 0 radical (unpaired) electrons. The summed E-state index contributed by atoms with van der Waals surface area (Å²) in [6.07, 6.45) is 4.14. The van der Waals surface area contributed by atoms with E-state index in [0.717, 1.165) is 32.5 Å². The zero-order valence-corrected chi connectivity index (χ0v) is 9.92. The van der Waals surface area contributed by atoms with Gasteiger partial charge in [-0.2, -0.15) is 5.10 Å². The lowest BCUT2D eigenvalue weighted by molar-refractivity contribution is 0.194. The average Bonchev–Trinajstić information content (AvgIpc) is 2.59. The zero-order chi connectivity index (χ0) is 11.1. The molecule has 0 unspecified atom stereocenters. The van der Waals surface area contributed by atoms with Crippen molar-refractivity contribution >= 4 is 0 Å². The van der Waals surface area contributed by atoms with Gasteiger partial charge in [0.15, 0.2) is 0 Å². The van der Waals surface area contributed by atoms with Gasteiger partial charge in [0.1, 0.15) is 0 Å². The summed E-state index contributed by atoms with van der Waals surface area (Å²) in [7, 11) is 3.70. The molecule has 1 N–H and O–H groups in total. The fourth-order valence-corrected chi connectivity index (χ4v) is 1.59. The number of aromatic nitrogens is 2. The summed E-state index contributed by atoms with van der Waals surface area (Å²) in [6, 6.07) is 0. The SMILES string of the molecule is CCc1nn(C)cc1CNCCCOC. The summed E-state index contributed by atoms with van der Waals surface area (Å²) in [4.78, 5) is 0. The van der Waals surface area contributed by atoms with Gasteiger partial charge in [0.25, 0.3) is 0 Å². The molecule has 4 nitrogen and oxygen atoms in total. The van der Waals surface area contributed by atoms with Crippen LogP contribution in [0.5, 0.6) is 0 Å². The molecular formula is C11H21N3O. The number of nitrogens with one attached hydrogen (secondary N) is 1. The van der Waals surface area contributed by atoms with Gasteiger partial charge in [0.05, 0.1) is 5.69 Å². The summed E-state index contributed by atoms with van der Waals surface area (Å²) in [5.41, 5.74) is 2.49. The number of rotatable bonds is 7. The second-order valence-corrected chi connectivity index (χ2v) is 3.65. The Labute approximate surface area is 91.6 Å². The Morgan fingerprint density at radius 3 is 3.00 bits per heavy atom. The predicted octanol–water partition coefficient (Wildman–Crippen LogP) is 1.11. The number of nitrogens with zero attached hydrogens (tertiary/aromatic N) is 2. The summed E-state index contributed by atoms with van der Waals surface area (Å²) >= 11 is 0. The second-order valence-electron chi connectivity index (χ2n) is 3.65. The van der Waals surface area contributed by atoms with Crippen LogP contribution in [0.25, 0.3) is 0 Å². The zero-order valence-electron chi connectivity index (χ0n) is 9.92. The van der Waals surface area contributed by atoms with E-state index in [0.29, 0.717) is 0 Å². The number of hydrogen-bond acceptors (Lipinski definition) is 3. The van der Waals surface area contributed by atoms with E-state index in [1.54, 1.807) is 7.11 Å². The minimum Gasteiger partial charge on any atom is -0.385 e. The van der Waals surface area contributed by atoms with Crippen LogP contribution in [0.3, 0.4) is 0 Å². The minimum absolute atomic E-state index is 0.820. The lowest BCUT2D eigenvalue weighted by atomic mass is 10.2. The molecule has 0 spiro atoms. The van der Waals surface area contributed by atoms with E-state index in [1.165, 1.54) is 11.3 Å². The Morgan fingerprint density at radius 2 is 2.33 bits per heavy atom. The molecule has 1 aromatic heterocycles. The molecule has 0 bridgehead atoms. The lowest BCUT2D eigenvalue weighted by Gasteiger charge is -2.03. The number of hydrogen-bond donors (Lipinski definition) is 1. The van der Waals surface area contributed by atoms with Crippen molar-refractivity contribution in [3.8, 4) is 0 Å². The van der Waals surface area contributed by atoms with Crippen LogP contribution in [-0.2, 0) is 24.8 Å². The van der Waals surface area contributed by atoms with E-state index in [2.05, 4.69) is 23.5 Å². The number of methoxy groups -OCH3 is 1. The summed E-state index contributed by atoms with van der Waals surface area (Å²) in [5.74, 6) is 0. The first-order valence-corrected chi connectivity index (χ1v) is 5.49. The predicted molar refractivity (Wildman–Crippen MR) is 60.8 cm³/mol. The van der Waals surface area contributed by atoms with Crippen molar-refractivity contribution in [2.45, 2.75) is 26.3 Å². The van der Waals surface area contributed by atoms with E-state index >= 15 is 0 Å². The van der Waals surface area contributed by atoms with E-state index in [-0.39, 0.29) is 0 Å². The van der Waals surface area contributed by atoms with Crippen LogP contribution in [0, 0.1) is 0 Å². The van der Waals surface area contributed by atoms with Crippen molar-refractivity contribution in [1.82, 2.24) is 15.1 Å². The maximum absolute atomic E-state index is 4.99. The summed E-state index contributed by atoms with van der Waals surface area (Å²) in [6.45, 7) is 4.85. The summed E-state index contributed by atoms with van der Waals surface area (Å²) in [5, 5.41) is 7.79. The molecule has 1 rings (SSSR count). The normalized spacial score (nSPS) is 10.9. The molecule has 0 aromatic carbocycles. The molecule has 0 atom stereocenters. The van der Waals surface area contributed by atoms with Crippen LogP contribution in [0.2, 0.25) is 0 Å². The van der Waals surface area contributed by atoms with E-state index in [1.807, 2.05) is 11.7 Å². The maximum Gasteiger partial charge on any atom is 0.0666 e. The minimum atomic E-state index is 0.820. The topological polar surface area (TPSA) is 39.1 Å². The van der Waals surface area contributed by atoms with Gasteiger partial charge in [-0.25, -0.2) is 0 Å². The highest BCUT2D eigenvalue weighted by atomic mass is 16.5. The van der Waals surface area contributed by atoms with Crippen molar-refractivity contribution in [2.24, 2.45) is 7.05 Å². The first kappa shape index (κ1) is 12.2. The van der Waals surface area contributed by atoms with Crippen LogP contribution in [0.4, 0.5) is 0 Å². The molecule has 15 heavy (non-hydrogen) atoms. The van der Waals surface area contributed by atoms with E-state index in [9.17, 15) is 0 Å². The third kappa shape index (κ3) is 4.01. The van der Waals surface area contributed by atoms with Gasteiger partial charge in [-0.1, -0.05) is 6.92 Å². The van der Waals surface area contributed by atoms with E-state index < -0.39 is 0 Å².